The van der Waals surface area contributed by atoms with E-state index in [9.17, 15) is 26.4 Å². The van der Waals surface area contributed by atoms with Gasteiger partial charge in [-0.15, -0.1) is 12.3 Å². The van der Waals surface area contributed by atoms with Crippen LogP contribution in [-0.2, 0) is 14.6 Å². The molecule has 0 aliphatic carbocycles. The van der Waals surface area contributed by atoms with Crippen molar-refractivity contribution in [2.75, 3.05) is 5.32 Å². The van der Waals surface area contributed by atoms with Gasteiger partial charge in [0, 0.05) is 12.1 Å². The van der Waals surface area contributed by atoms with Crippen molar-refractivity contribution in [1.29, 1.82) is 0 Å². The number of aliphatic carboxylic acids is 1. The summed E-state index contributed by atoms with van der Waals surface area (Å²) in [6.07, 6.45) is 4.85. The van der Waals surface area contributed by atoms with E-state index in [1.165, 1.54) is 0 Å². The van der Waals surface area contributed by atoms with E-state index in [1.54, 1.807) is 0 Å². The van der Waals surface area contributed by atoms with Crippen LogP contribution in [0, 0.1) is 12.3 Å². The smallest absolute Gasteiger partial charge is 0.480 e. The third-order valence-corrected chi connectivity index (χ3v) is 3.93. The van der Waals surface area contributed by atoms with Crippen molar-refractivity contribution in [2.45, 2.75) is 22.9 Å². The number of carboxylic acid groups (broad SMARTS) is 1. The lowest BCUT2D eigenvalue weighted by Gasteiger charge is -2.14. The van der Waals surface area contributed by atoms with Crippen LogP contribution in [0.1, 0.15) is 6.42 Å². The summed E-state index contributed by atoms with van der Waals surface area (Å²) in [5, 5.41) is 11.3. The second kappa shape index (κ2) is 6.05. The second-order valence-electron chi connectivity index (χ2n) is 3.92. The Hall–Kier alpha value is -2.21. The first-order chi connectivity index (χ1) is 9.59. The predicted molar refractivity (Wildman–Crippen MR) is 68.2 cm³/mol. The Bertz CT molecular complexity index is 659. The molecular weight excluding hydrogens is 311 g/mol. The van der Waals surface area contributed by atoms with Crippen LogP contribution in [0.5, 0.6) is 0 Å². The second-order valence-corrected chi connectivity index (χ2v) is 5.86. The lowest BCUT2D eigenvalue weighted by atomic mass is 10.2. The van der Waals surface area contributed by atoms with Gasteiger partial charge < -0.3 is 10.4 Å². The minimum atomic E-state index is -5.42. The van der Waals surface area contributed by atoms with E-state index in [0.29, 0.717) is 0 Å². The molecule has 2 N–H and O–H groups in total. The van der Waals surface area contributed by atoms with Crippen LogP contribution in [0.2, 0.25) is 0 Å². The molecule has 5 nitrogen and oxygen atoms in total. The number of halogens is 3. The Morgan fingerprint density at radius 3 is 2.24 bits per heavy atom. The van der Waals surface area contributed by atoms with E-state index < -0.39 is 32.3 Å². The van der Waals surface area contributed by atoms with E-state index in [0.717, 1.165) is 24.3 Å². The Kier molecular flexibility index (Phi) is 4.85. The van der Waals surface area contributed by atoms with Gasteiger partial charge in [-0.05, 0) is 24.3 Å². The first kappa shape index (κ1) is 16.8. The van der Waals surface area contributed by atoms with Gasteiger partial charge in [0.15, 0.2) is 0 Å². The molecule has 0 saturated heterocycles. The number of anilines is 1. The zero-order valence-electron chi connectivity index (χ0n) is 10.4. The number of sulfone groups is 1. The first-order valence-corrected chi connectivity index (χ1v) is 6.92. The normalized spacial score (nSPS) is 13.2. The highest BCUT2D eigenvalue weighted by atomic mass is 32.2. The summed E-state index contributed by atoms with van der Waals surface area (Å²) in [5.74, 6) is 0.901. The van der Waals surface area contributed by atoms with Crippen molar-refractivity contribution in [2.24, 2.45) is 0 Å². The van der Waals surface area contributed by atoms with Crippen LogP contribution < -0.4 is 5.32 Å². The molecule has 0 aliphatic rings. The van der Waals surface area contributed by atoms with Gasteiger partial charge in [-0.25, -0.2) is 13.2 Å². The molecular formula is C12H10F3NO4S. The maximum atomic E-state index is 12.3. The van der Waals surface area contributed by atoms with Gasteiger partial charge in [0.2, 0.25) is 0 Å². The molecule has 1 unspecified atom stereocenters. The van der Waals surface area contributed by atoms with E-state index in [1.807, 2.05) is 0 Å². The first-order valence-electron chi connectivity index (χ1n) is 5.44. The standard InChI is InChI=1S/C12H10F3NO4S/c1-2-3-10(11(17)18)16-8-4-6-9(7-5-8)21(19,20)12(13,14)15/h1,4-7,10,16H,3H2,(H,17,18). The Morgan fingerprint density at radius 1 is 1.33 bits per heavy atom. The van der Waals surface area contributed by atoms with Crippen LogP contribution in [0.15, 0.2) is 29.2 Å². The number of hydrogen-bond acceptors (Lipinski definition) is 4. The maximum absolute atomic E-state index is 12.3. The van der Waals surface area contributed by atoms with Crippen molar-refractivity contribution < 1.29 is 31.5 Å². The highest BCUT2D eigenvalue weighted by Gasteiger charge is 2.46. The molecule has 1 aromatic carbocycles. The van der Waals surface area contributed by atoms with Gasteiger partial charge in [-0.1, -0.05) is 0 Å². The van der Waals surface area contributed by atoms with E-state index in [4.69, 9.17) is 11.5 Å². The number of nitrogens with one attached hydrogen (secondary N) is 1. The van der Waals surface area contributed by atoms with Gasteiger partial charge in [-0.2, -0.15) is 13.2 Å². The van der Waals surface area contributed by atoms with Crippen LogP contribution in [-0.4, -0.2) is 31.0 Å². The molecule has 0 amide bonds. The van der Waals surface area contributed by atoms with E-state index in [2.05, 4.69) is 11.2 Å². The highest BCUT2D eigenvalue weighted by molar-refractivity contribution is 7.92. The van der Waals surface area contributed by atoms with Crippen molar-refractivity contribution in [3.63, 3.8) is 0 Å². The summed E-state index contributed by atoms with van der Waals surface area (Å²) in [6, 6.07) is 2.41. The molecule has 0 aliphatic heterocycles. The monoisotopic (exact) mass is 321 g/mol. The largest absolute Gasteiger partial charge is 0.501 e. The number of benzene rings is 1. The SMILES string of the molecule is C#CCC(Nc1ccc(S(=O)(=O)C(F)(F)F)cc1)C(=O)O. The molecule has 9 heteroatoms. The molecule has 0 heterocycles. The van der Waals surface area contributed by atoms with Crippen LogP contribution in [0.3, 0.4) is 0 Å². The molecule has 1 rings (SSSR count). The zero-order valence-corrected chi connectivity index (χ0v) is 11.2. The summed E-state index contributed by atoms with van der Waals surface area (Å²) in [6.45, 7) is 0. The molecule has 114 valence electrons. The average Bonchev–Trinajstić information content (AvgIpc) is 2.37. The number of alkyl halides is 3. The number of terminal acetylenes is 1. The molecule has 21 heavy (non-hydrogen) atoms. The number of carboxylic acids is 1. The number of carbonyl (C=O) groups is 1. The Morgan fingerprint density at radius 2 is 1.86 bits per heavy atom. The summed E-state index contributed by atoms with van der Waals surface area (Å²) in [4.78, 5) is 9.92. The molecule has 0 spiro atoms. The van der Waals surface area contributed by atoms with Crippen molar-refractivity contribution in [3.8, 4) is 12.3 Å². The van der Waals surface area contributed by atoms with Gasteiger partial charge in [-0.3, -0.25) is 0 Å². The fourth-order valence-electron chi connectivity index (χ4n) is 1.38. The third-order valence-electron chi connectivity index (χ3n) is 2.43. The number of hydrogen-bond donors (Lipinski definition) is 2. The van der Waals surface area contributed by atoms with Gasteiger partial charge in [0.25, 0.3) is 9.84 Å². The maximum Gasteiger partial charge on any atom is 0.501 e. The molecule has 0 fully saturated rings. The summed E-state index contributed by atoms with van der Waals surface area (Å²) in [7, 11) is -5.42. The van der Waals surface area contributed by atoms with E-state index in [-0.39, 0.29) is 12.1 Å². The fourth-order valence-corrected chi connectivity index (χ4v) is 2.14. The van der Waals surface area contributed by atoms with Gasteiger partial charge >= 0.3 is 11.5 Å². The fraction of sp³-hybridized carbons (Fsp3) is 0.250. The lowest BCUT2D eigenvalue weighted by molar-refractivity contribution is -0.137. The van der Waals surface area contributed by atoms with Crippen LogP contribution >= 0.6 is 0 Å². The quantitative estimate of drug-likeness (QED) is 0.809. The lowest BCUT2D eigenvalue weighted by Crippen LogP contribution is -2.28. The van der Waals surface area contributed by atoms with E-state index >= 15 is 0 Å². The van der Waals surface area contributed by atoms with Crippen molar-refractivity contribution in [1.82, 2.24) is 0 Å². The molecule has 0 saturated carbocycles. The molecule has 0 aromatic heterocycles. The summed E-state index contributed by atoms with van der Waals surface area (Å²) < 4.78 is 59.3. The highest BCUT2D eigenvalue weighted by Crippen LogP contribution is 2.30. The van der Waals surface area contributed by atoms with Crippen molar-refractivity contribution >= 4 is 21.5 Å². The predicted octanol–water partition coefficient (Wildman–Crippen LogP) is 1.87. The number of rotatable bonds is 5. The van der Waals surface area contributed by atoms with Crippen molar-refractivity contribution in [3.05, 3.63) is 24.3 Å². The zero-order chi connectivity index (χ0) is 16.3. The summed E-state index contributed by atoms with van der Waals surface area (Å²) >= 11 is 0. The Labute approximate surface area is 118 Å². The van der Waals surface area contributed by atoms with Gasteiger partial charge in [0.1, 0.15) is 6.04 Å². The molecule has 0 radical (unpaired) electrons. The van der Waals surface area contributed by atoms with Crippen LogP contribution in [0.25, 0.3) is 0 Å². The third kappa shape index (κ3) is 3.88. The van der Waals surface area contributed by atoms with Crippen LogP contribution in [0.4, 0.5) is 18.9 Å². The minimum absolute atomic E-state index is 0.138. The average molecular weight is 321 g/mol. The molecule has 0 bridgehead atoms. The summed E-state index contributed by atoms with van der Waals surface area (Å²) in [5.41, 5.74) is -5.26. The Balaban J connectivity index is 2.99. The molecule has 1 aromatic rings. The molecule has 1 atom stereocenters. The van der Waals surface area contributed by atoms with Gasteiger partial charge in [0.05, 0.1) is 4.90 Å². The minimum Gasteiger partial charge on any atom is -0.480 e. The topological polar surface area (TPSA) is 83.5 Å².